The largest absolute Gasteiger partial charge is 0.480 e. The number of carbonyl (C=O) groups excluding carboxylic acids is 4. The molecule has 16 heteroatoms. The average Bonchev–Trinajstić information content (AvgIpc) is 3.58. The average molecular weight is 680 g/mol. The number of amides is 4. The molecule has 3 atom stereocenters. The summed E-state index contributed by atoms with van der Waals surface area (Å²) in [5.74, 6) is -3.25. The predicted molar refractivity (Wildman–Crippen MR) is 180 cm³/mol. The van der Waals surface area contributed by atoms with E-state index in [1.807, 2.05) is 19.9 Å². The molecular weight excluding hydrogens is 634 g/mol. The lowest BCUT2D eigenvalue weighted by molar-refractivity contribution is -0.144. The normalized spacial score (nSPS) is 15.3. The fourth-order valence-electron chi connectivity index (χ4n) is 5.12. The Balaban J connectivity index is 1.70. The molecule has 1 aliphatic rings. The number of guanidine groups is 1. The molecule has 49 heavy (non-hydrogen) atoms. The van der Waals surface area contributed by atoms with Crippen LogP contribution in [0, 0.1) is 5.92 Å². The summed E-state index contributed by atoms with van der Waals surface area (Å²) in [7, 11) is 0. The van der Waals surface area contributed by atoms with Crippen LogP contribution in [0.3, 0.4) is 0 Å². The lowest BCUT2D eigenvalue weighted by Gasteiger charge is -2.28. The lowest BCUT2D eigenvalue weighted by atomic mass is 10.0. The lowest BCUT2D eigenvalue weighted by Crippen LogP contribution is -2.54. The maximum absolute atomic E-state index is 13.6. The van der Waals surface area contributed by atoms with E-state index in [1.165, 1.54) is 4.90 Å². The van der Waals surface area contributed by atoms with Crippen molar-refractivity contribution in [2.24, 2.45) is 32.7 Å². The van der Waals surface area contributed by atoms with E-state index >= 15 is 0 Å². The molecule has 3 rings (SSSR count). The molecular formula is C33H45N9O7. The van der Waals surface area contributed by atoms with Crippen LogP contribution in [0.1, 0.15) is 51.5 Å². The first-order valence-corrected chi connectivity index (χ1v) is 16.1. The van der Waals surface area contributed by atoms with Gasteiger partial charge in [-0.15, -0.1) is 5.11 Å². The first kappa shape index (κ1) is 37.9. The van der Waals surface area contributed by atoms with Crippen LogP contribution in [-0.2, 0) is 30.5 Å². The number of aliphatic imine (C=N–C) groups is 1. The number of rotatable bonds is 17. The molecule has 0 unspecified atom stereocenters. The van der Waals surface area contributed by atoms with Crippen molar-refractivity contribution in [1.82, 2.24) is 20.5 Å². The summed E-state index contributed by atoms with van der Waals surface area (Å²) in [6, 6.07) is 14.4. The number of carboxylic acids is 1. The molecule has 0 aromatic heterocycles. The van der Waals surface area contributed by atoms with E-state index in [2.05, 4.69) is 26.0 Å². The van der Waals surface area contributed by atoms with Gasteiger partial charge in [-0.1, -0.05) is 67.6 Å². The Labute approximate surface area is 284 Å². The number of hydrogen-bond donors (Lipinski definition) is 5. The summed E-state index contributed by atoms with van der Waals surface area (Å²) in [5.41, 5.74) is 11.8. The van der Waals surface area contributed by atoms with Crippen molar-refractivity contribution >= 4 is 41.4 Å². The van der Waals surface area contributed by atoms with E-state index in [1.54, 1.807) is 54.6 Å². The molecule has 0 aliphatic carbocycles. The highest BCUT2D eigenvalue weighted by Crippen LogP contribution is 2.20. The van der Waals surface area contributed by atoms with Gasteiger partial charge in [0, 0.05) is 13.1 Å². The Kier molecular flexibility index (Phi) is 15.0. The van der Waals surface area contributed by atoms with E-state index in [0.717, 1.165) is 10.6 Å². The molecule has 0 saturated carbocycles. The Hall–Kier alpha value is -5.54. The van der Waals surface area contributed by atoms with Crippen molar-refractivity contribution in [3.8, 4) is 0 Å². The molecule has 1 aliphatic heterocycles. The van der Waals surface area contributed by atoms with Crippen LogP contribution in [0.4, 0.5) is 10.5 Å². The van der Waals surface area contributed by atoms with E-state index in [9.17, 15) is 29.1 Å². The Morgan fingerprint density at radius 2 is 1.71 bits per heavy atom. The van der Waals surface area contributed by atoms with Crippen LogP contribution in [0.15, 0.2) is 76.0 Å². The second kappa shape index (κ2) is 19.3. The summed E-state index contributed by atoms with van der Waals surface area (Å²) < 4.78 is 5.50. The minimum absolute atomic E-state index is 0.0665. The Bertz CT molecular complexity index is 1470. The standard InChI is InChI=1S/C33H45N9O7/c1-22(2)19-27(42(40-39-24-13-7-4-8-14-24)33(48)49-21-23-11-5-3-6-12-23)29(44)37-20-28(43)41-18-10-16-26(41)30(45)38-25(31(46)47)15-9-17-36-32(34)35/h3-8,11-14,22,25-27H,9-10,15-21H2,1-2H3,(H,37,44)(H,38,45)(H,46,47)(H4,34,35,36)/t25-,26-,27-/m0/s1. The summed E-state index contributed by atoms with van der Waals surface area (Å²) in [6.07, 6.45) is 0.492. The monoisotopic (exact) mass is 679 g/mol. The Morgan fingerprint density at radius 1 is 1.04 bits per heavy atom. The maximum Gasteiger partial charge on any atom is 0.432 e. The van der Waals surface area contributed by atoms with Crippen LogP contribution >= 0.6 is 0 Å². The Morgan fingerprint density at radius 3 is 2.35 bits per heavy atom. The van der Waals surface area contributed by atoms with Crippen LogP contribution in [-0.4, -0.2) is 88.5 Å². The fraction of sp³-hybridized carbons (Fsp3) is 0.455. The van der Waals surface area contributed by atoms with Gasteiger partial charge < -0.3 is 36.8 Å². The van der Waals surface area contributed by atoms with Crippen molar-refractivity contribution < 1.29 is 33.8 Å². The second-order valence-electron chi connectivity index (χ2n) is 11.9. The van der Waals surface area contributed by atoms with Gasteiger partial charge in [-0.2, -0.15) is 5.01 Å². The van der Waals surface area contributed by atoms with Crippen molar-refractivity contribution in [1.29, 1.82) is 0 Å². The van der Waals surface area contributed by atoms with Gasteiger partial charge >= 0.3 is 12.1 Å². The first-order valence-electron chi connectivity index (χ1n) is 16.1. The van der Waals surface area contributed by atoms with E-state index in [0.29, 0.717) is 24.9 Å². The van der Waals surface area contributed by atoms with Crippen LogP contribution in [0.2, 0.25) is 0 Å². The third kappa shape index (κ3) is 12.5. The minimum Gasteiger partial charge on any atom is -0.480 e. The zero-order valence-electron chi connectivity index (χ0n) is 27.7. The molecule has 0 radical (unpaired) electrons. The molecule has 1 saturated heterocycles. The van der Waals surface area contributed by atoms with Crippen molar-refractivity contribution in [2.75, 3.05) is 19.6 Å². The number of benzene rings is 2. The number of nitrogens with one attached hydrogen (secondary N) is 2. The molecule has 1 fully saturated rings. The zero-order chi connectivity index (χ0) is 35.8. The number of likely N-dealkylation sites (tertiary alicyclic amines) is 1. The highest BCUT2D eigenvalue weighted by Gasteiger charge is 2.37. The predicted octanol–water partition coefficient (Wildman–Crippen LogP) is 2.47. The van der Waals surface area contributed by atoms with Crippen LogP contribution in [0.5, 0.6) is 0 Å². The van der Waals surface area contributed by atoms with Gasteiger partial charge in [-0.3, -0.25) is 19.4 Å². The van der Waals surface area contributed by atoms with Crippen LogP contribution < -0.4 is 22.1 Å². The van der Waals surface area contributed by atoms with Crippen molar-refractivity contribution in [2.45, 2.75) is 70.7 Å². The summed E-state index contributed by atoms with van der Waals surface area (Å²) in [4.78, 5) is 70.3. The van der Waals surface area contributed by atoms with Crippen molar-refractivity contribution in [3.63, 3.8) is 0 Å². The number of aliphatic carboxylic acids is 1. The molecule has 2 aromatic carbocycles. The quantitative estimate of drug-likeness (QED) is 0.0542. The van der Waals surface area contributed by atoms with Gasteiger partial charge in [-0.25, -0.2) is 9.59 Å². The molecule has 1 heterocycles. The maximum atomic E-state index is 13.6. The smallest absolute Gasteiger partial charge is 0.432 e. The fourth-order valence-corrected chi connectivity index (χ4v) is 5.12. The van der Waals surface area contributed by atoms with Crippen LogP contribution in [0.25, 0.3) is 0 Å². The van der Waals surface area contributed by atoms with Gasteiger partial charge in [0.15, 0.2) is 5.96 Å². The number of carbonyl (C=O) groups is 5. The van der Waals surface area contributed by atoms with Gasteiger partial charge in [0.2, 0.25) is 17.7 Å². The molecule has 2 aromatic rings. The number of nitrogens with zero attached hydrogens (tertiary/aromatic N) is 5. The number of ether oxygens (including phenoxy) is 1. The van der Waals surface area contributed by atoms with Gasteiger partial charge in [0.25, 0.3) is 0 Å². The third-order valence-electron chi connectivity index (χ3n) is 7.55. The molecule has 264 valence electrons. The van der Waals surface area contributed by atoms with E-state index in [4.69, 9.17) is 16.2 Å². The highest BCUT2D eigenvalue weighted by molar-refractivity contribution is 5.93. The highest BCUT2D eigenvalue weighted by atomic mass is 16.6. The second-order valence-corrected chi connectivity index (χ2v) is 11.9. The molecule has 0 spiro atoms. The minimum atomic E-state index is -1.23. The summed E-state index contributed by atoms with van der Waals surface area (Å²) in [5, 5.41) is 23.8. The summed E-state index contributed by atoms with van der Waals surface area (Å²) in [6.45, 7) is 3.64. The summed E-state index contributed by atoms with van der Waals surface area (Å²) >= 11 is 0. The zero-order valence-corrected chi connectivity index (χ0v) is 27.7. The van der Waals surface area contributed by atoms with Crippen molar-refractivity contribution in [3.05, 3.63) is 66.2 Å². The number of nitrogens with two attached hydrogens (primary N) is 2. The molecule has 7 N–H and O–H groups in total. The van der Waals surface area contributed by atoms with Gasteiger partial charge in [0.05, 0.1) is 12.2 Å². The number of carboxylic acid groups (broad SMARTS) is 1. The number of hydrogen-bond acceptors (Lipinski definition) is 9. The molecule has 16 nitrogen and oxygen atoms in total. The molecule has 4 amide bonds. The van der Waals surface area contributed by atoms with Gasteiger partial charge in [-0.05, 0) is 55.7 Å². The first-order chi connectivity index (χ1) is 23.5. The van der Waals surface area contributed by atoms with E-state index < -0.39 is 54.5 Å². The third-order valence-corrected chi connectivity index (χ3v) is 7.55. The molecule has 0 bridgehead atoms. The van der Waals surface area contributed by atoms with Gasteiger partial charge in [0.1, 0.15) is 24.7 Å². The van der Waals surface area contributed by atoms with E-state index in [-0.39, 0.29) is 44.4 Å². The SMILES string of the molecule is CC(C)C[C@@H](C(=O)NCC(=O)N1CCC[C@H]1C(=O)N[C@@H](CCCN=C(N)N)C(=O)O)N(N=Nc1ccccc1)C(=O)OCc1ccccc1. The topological polar surface area (TPSA) is 234 Å².